The smallest absolute Gasteiger partial charge is 0.127 e. The van der Waals surface area contributed by atoms with Gasteiger partial charge in [-0.1, -0.05) is 6.07 Å². The summed E-state index contributed by atoms with van der Waals surface area (Å²) in [5.41, 5.74) is 9.77. The highest BCUT2D eigenvalue weighted by atomic mass is 16.5. The van der Waals surface area contributed by atoms with Gasteiger partial charge in [-0.25, -0.2) is 0 Å². The first-order valence-electron chi connectivity index (χ1n) is 6.35. The molecule has 0 bridgehead atoms. The van der Waals surface area contributed by atoms with Gasteiger partial charge in [0.2, 0.25) is 0 Å². The van der Waals surface area contributed by atoms with Crippen LogP contribution in [0.25, 0.3) is 0 Å². The van der Waals surface area contributed by atoms with E-state index in [-0.39, 0.29) is 6.04 Å². The summed E-state index contributed by atoms with van der Waals surface area (Å²) in [6.45, 7) is 3.78. The Morgan fingerprint density at radius 3 is 2.20 bits per heavy atom. The van der Waals surface area contributed by atoms with Crippen LogP contribution in [0.4, 0.5) is 0 Å². The molecule has 0 aliphatic heterocycles. The van der Waals surface area contributed by atoms with E-state index in [2.05, 4.69) is 10.2 Å². The van der Waals surface area contributed by atoms with Crippen LogP contribution in [0, 0.1) is 13.8 Å². The summed E-state index contributed by atoms with van der Waals surface area (Å²) in [6, 6.07) is 7.17. The van der Waals surface area contributed by atoms with E-state index in [4.69, 9.17) is 15.2 Å². The van der Waals surface area contributed by atoms with Crippen LogP contribution in [0.15, 0.2) is 24.3 Å². The van der Waals surface area contributed by atoms with Crippen molar-refractivity contribution < 1.29 is 9.47 Å². The Morgan fingerprint density at radius 1 is 1.05 bits per heavy atom. The number of aryl methyl sites for hydroxylation is 2. The van der Waals surface area contributed by atoms with Crippen LogP contribution in [0.5, 0.6) is 11.5 Å². The van der Waals surface area contributed by atoms with E-state index >= 15 is 0 Å². The summed E-state index contributed by atoms with van der Waals surface area (Å²) in [4.78, 5) is 0. The number of nitrogens with zero attached hydrogens (tertiary/aromatic N) is 2. The molecule has 106 valence electrons. The maximum absolute atomic E-state index is 6.41. The Bertz CT molecular complexity index is 592. The van der Waals surface area contributed by atoms with E-state index in [1.165, 1.54) is 0 Å². The monoisotopic (exact) mass is 273 g/mol. The third-order valence-electron chi connectivity index (χ3n) is 3.25. The fraction of sp³-hybridized carbons (Fsp3) is 0.333. The maximum Gasteiger partial charge on any atom is 0.127 e. The zero-order valence-corrected chi connectivity index (χ0v) is 12.2. The quantitative estimate of drug-likeness (QED) is 0.924. The third-order valence-corrected chi connectivity index (χ3v) is 3.25. The average Bonchev–Trinajstić information content (AvgIpc) is 2.48. The average molecular weight is 273 g/mol. The lowest BCUT2D eigenvalue weighted by molar-refractivity contribution is 0.382. The van der Waals surface area contributed by atoms with E-state index in [9.17, 15) is 0 Å². The predicted molar refractivity (Wildman–Crippen MR) is 77.1 cm³/mol. The van der Waals surface area contributed by atoms with Gasteiger partial charge in [0.05, 0.1) is 37.2 Å². The van der Waals surface area contributed by atoms with Crippen LogP contribution < -0.4 is 15.2 Å². The van der Waals surface area contributed by atoms with Crippen LogP contribution >= 0.6 is 0 Å². The van der Waals surface area contributed by atoms with Gasteiger partial charge < -0.3 is 15.2 Å². The van der Waals surface area contributed by atoms with Gasteiger partial charge in [-0.15, -0.1) is 0 Å². The third kappa shape index (κ3) is 2.58. The largest absolute Gasteiger partial charge is 0.496 e. The summed E-state index contributed by atoms with van der Waals surface area (Å²) in [7, 11) is 3.24. The van der Waals surface area contributed by atoms with Gasteiger partial charge in [-0.2, -0.15) is 10.2 Å². The number of aromatic nitrogens is 2. The van der Waals surface area contributed by atoms with Crippen molar-refractivity contribution in [3.05, 3.63) is 46.8 Å². The van der Waals surface area contributed by atoms with Crippen molar-refractivity contribution in [3.8, 4) is 11.5 Å². The topological polar surface area (TPSA) is 70.3 Å². The van der Waals surface area contributed by atoms with Crippen molar-refractivity contribution in [3.63, 3.8) is 0 Å². The van der Waals surface area contributed by atoms with Crippen molar-refractivity contribution in [1.82, 2.24) is 10.2 Å². The molecule has 0 aliphatic carbocycles. The second kappa shape index (κ2) is 5.88. The van der Waals surface area contributed by atoms with Crippen molar-refractivity contribution in [2.24, 2.45) is 5.73 Å². The van der Waals surface area contributed by atoms with E-state index in [1.807, 2.05) is 38.1 Å². The molecule has 1 unspecified atom stereocenters. The zero-order chi connectivity index (χ0) is 14.7. The molecule has 2 rings (SSSR count). The highest BCUT2D eigenvalue weighted by Crippen LogP contribution is 2.36. The number of rotatable bonds is 4. The Morgan fingerprint density at radius 2 is 1.65 bits per heavy atom. The number of ether oxygens (including phenoxy) is 2. The Labute approximate surface area is 118 Å². The molecule has 0 amide bonds. The minimum Gasteiger partial charge on any atom is -0.496 e. The van der Waals surface area contributed by atoms with Gasteiger partial charge in [0.15, 0.2) is 0 Å². The van der Waals surface area contributed by atoms with Crippen LogP contribution in [0.1, 0.15) is 28.6 Å². The molecule has 0 aliphatic rings. The molecule has 1 atom stereocenters. The van der Waals surface area contributed by atoms with Crippen LogP contribution in [0.3, 0.4) is 0 Å². The minimum atomic E-state index is -0.379. The molecule has 2 N–H and O–H groups in total. The first kappa shape index (κ1) is 14.3. The molecule has 0 radical (unpaired) electrons. The van der Waals surface area contributed by atoms with E-state index in [0.717, 1.165) is 22.5 Å². The summed E-state index contributed by atoms with van der Waals surface area (Å²) >= 11 is 0. The van der Waals surface area contributed by atoms with Crippen LogP contribution in [-0.2, 0) is 0 Å². The molecule has 0 saturated carbocycles. The van der Waals surface area contributed by atoms with E-state index in [0.29, 0.717) is 11.5 Å². The standard InChI is InChI=1S/C15H19N3O2/c1-9-8-11(10(2)18-17-9)15(16)14-12(19-3)6-5-7-13(14)20-4/h5-8,15H,16H2,1-4H3. The molecule has 20 heavy (non-hydrogen) atoms. The zero-order valence-electron chi connectivity index (χ0n) is 12.2. The lowest BCUT2D eigenvalue weighted by atomic mass is 9.96. The molecule has 0 spiro atoms. The van der Waals surface area contributed by atoms with E-state index < -0.39 is 0 Å². The van der Waals surface area contributed by atoms with Crippen LogP contribution in [-0.4, -0.2) is 24.4 Å². The Kier molecular flexibility index (Phi) is 4.20. The molecule has 0 fully saturated rings. The molecule has 5 nitrogen and oxygen atoms in total. The molecule has 1 aromatic carbocycles. The van der Waals surface area contributed by atoms with Gasteiger partial charge in [0, 0.05) is 0 Å². The Balaban J connectivity index is 2.58. The van der Waals surface area contributed by atoms with Gasteiger partial charge in [0.25, 0.3) is 0 Å². The number of hydrogen-bond acceptors (Lipinski definition) is 5. The van der Waals surface area contributed by atoms with Crippen molar-refractivity contribution in [2.45, 2.75) is 19.9 Å². The number of hydrogen-bond donors (Lipinski definition) is 1. The molecular weight excluding hydrogens is 254 g/mol. The van der Waals surface area contributed by atoms with Crippen molar-refractivity contribution in [2.75, 3.05) is 14.2 Å². The van der Waals surface area contributed by atoms with E-state index in [1.54, 1.807) is 14.2 Å². The Hall–Kier alpha value is -2.14. The second-order valence-corrected chi connectivity index (χ2v) is 4.58. The highest BCUT2D eigenvalue weighted by Gasteiger charge is 2.21. The molecule has 2 aromatic rings. The number of benzene rings is 1. The summed E-state index contributed by atoms with van der Waals surface area (Å²) in [6.07, 6.45) is 0. The molecule has 5 heteroatoms. The first-order valence-corrected chi connectivity index (χ1v) is 6.35. The normalized spacial score (nSPS) is 12.1. The summed E-state index contributed by atoms with van der Waals surface area (Å²) in [5.74, 6) is 1.40. The van der Waals surface area contributed by atoms with Crippen molar-refractivity contribution in [1.29, 1.82) is 0 Å². The van der Waals surface area contributed by atoms with Gasteiger partial charge in [0.1, 0.15) is 11.5 Å². The highest BCUT2D eigenvalue weighted by molar-refractivity contribution is 5.50. The molecule has 1 aromatic heterocycles. The number of methoxy groups -OCH3 is 2. The SMILES string of the molecule is COc1cccc(OC)c1C(N)c1cc(C)nnc1C. The van der Waals surface area contributed by atoms with Gasteiger partial charge in [-0.3, -0.25) is 0 Å². The predicted octanol–water partition coefficient (Wildman–Crippen LogP) is 2.16. The summed E-state index contributed by atoms with van der Waals surface area (Å²) < 4.78 is 10.8. The molecule has 1 heterocycles. The minimum absolute atomic E-state index is 0.379. The maximum atomic E-state index is 6.41. The van der Waals surface area contributed by atoms with Gasteiger partial charge >= 0.3 is 0 Å². The van der Waals surface area contributed by atoms with Gasteiger partial charge in [-0.05, 0) is 37.6 Å². The second-order valence-electron chi connectivity index (χ2n) is 4.58. The first-order chi connectivity index (χ1) is 9.58. The fourth-order valence-electron chi connectivity index (χ4n) is 2.23. The lowest BCUT2D eigenvalue weighted by Gasteiger charge is -2.20. The molecule has 0 saturated heterocycles. The summed E-state index contributed by atoms with van der Waals surface area (Å²) in [5, 5.41) is 8.16. The lowest BCUT2D eigenvalue weighted by Crippen LogP contribution is -2.17. The fourth-order valence-corrected chi connectivity index (χ4v) is 2.23. The number of nitrogens with two attached hydrogens (primary N) is 1. The van der Waals surface area contributed by atoms with Crippen molar-refractivity contribution >= 4 is 0 Å². The van der Waals surface area contributed by atoms with Crippen LogP contribution in [0.2, 0.25) is 0 Å². The molecular formula is C15H19N3O2.